The van der Waals surface area contributed by atoms with Gasteiger partial charge in [-0.15, -0.1) is 0 Å². The normalized spacial score (nSPS) is 10.7. The van der Waals surface area contributed by atoms with Crippen LogP contribution >= 0.6 is 0 Å². The third kappa shape index (κ3) is 6.10. The number of aliphatic hydroxyl groups is 1. The number of hydrazine groups is 3. The topological polar surface area (TPSA) is 144 Å². The predicted molar refractivity (Wildman–Crippen MR) is 65.8 cm³/mol. The summed E-state index contributed by atoms with van der Waals surface area (Å²) in [5, 5.41) is 10.2. The smallest absolute Gasteiger partial charge is 0.267 e. The molecule has 0 radical (unpaired) electrons. The summed E-state index contributed by atoms with van der Waals surface area (Å²) in [5.41, 5.74) is 11.5. The molecule has 0 aromatic carbocycles. The first-order valence-corrected chi connectivity index (χ1v) is 5.50. The number of hydrogen-bond acceptors (Lipinski definition) is 7. The second kappa shape index (κ2) is 8.37. The molecule has 0 atom stereocenters. The van der Waals surface area contributed by atoms with Gasteiger partial charge in [-0.05, 0) is 0 Å². The molecule has 0 aromatic heterocycles. The zero-order valence-corrected chi connectivity index (χ0v) is 11.1. The summed E-state index contributed by atoms with van der Waals surface area (Å²) < 4.78 is 0. The van der Waals surface area contributed by atoms with E-state index in [0.29, 0.717) is 0 Å². The van der Waals surface area contributed by atoms with Crippen LogP contribution in [-0.4, -0.2) is 49.6 Å². The van der Waals surface area contributed by atoms with Crippen molar-refractivity contribution in [2.75, 3.05) is 21.1 Å². The average molecular weight is 276 g/mol. The zero-order valence-electron chi connectivity index (χ0n) is 11.1. The van der Waals surface area contributed by atoms with Gasteiger partial charge in [0.1, 0.15) is 0 Å². The molecular weight excluding hydrogens is 256 g/mol. The highest BCUT2D eigenvalue weighted by atomic mass is 16.3. The van der Waals surface area contributed by atoms with E-state index in [9.17, 15) is 19.5 Å². The quantitative estimate of drug-likeness (QED) is 0.226. The Bertz CT molecular complexity index is 315. The first-order chi connectivity index (χ1) is 8.89. The van der Waals surface area contributed by atoms with Crippen molar-refractivity contribution in [1.29, 1.82) is 0 Å². The lowest BCUT2D eigenvalue weighted by molar-refractivity contribution is -0.150. The molecule has 0 rings (SSSR count). The Kier molecular flexibility index (Phi) is 7.60. The van der Waals surface area contributed by atoms with E-state index < -0.39 is 36.2 Å². The van der Waals surface area contributed by atoms with Crippen LogP contribution in [0.1, 0.15) is 12.8 Å². The van der Waals surface area contributed by atoms with Crippen LogP contribution in [-0.2, 0) is 14.4 Å². The van der Waals surface area contributed by atoms with Crippen molar-refractivity contribution in [3.63, 3.8) is 0 Å². The molecule has 0 heterocycles. The van der Waals surface area contributed by atoms with E-state index in [1.54, 1.807) is 0 Å². The van der Waals surface area contributed by atoms with Gasteiger partial charge in [0.05, 0.1) is 12.8 Å². The van der Waals surface area contributed by atoms with Crippen molar-refractivity contribution >= 4 is 17.7 Å². The minimum absolute atomic E-state index is 0.571. The second-order valence-corrected chi connectivity index (χ2v) is 3.69. The number of amides is 3. The molecule has 0 saturated heterocycles. The first kappa shape index (κ1) is 17.2. The fraction of sp³-hybridized carbons (Fsp3) is 0.667. The molecule has 0 aromatic rings. The molecule has 10 heteroatoms. The summed E-state index contributed by atoms with van der Waals surface area (Å²) in [6.07, 6.45) is -1.14. The summed E-state index contributed by atoms with van der Waals surface area (Å²) in [6, 6.07) is 0. The van der Waals surface area contributed by atoms with Gasteiger partial charge in [0, 0.05) is 21.1 Å². The largest absolute Gasteiger partial charge is 0.379 e. The molecule has 0 aliphatic heterocycles. The number of carbonyl (C=O) groups excluding carboxylic acids is 3. The predicted octanol–water partition coefficient (Wildman–Crippen LogP) is -3.75. The first-order valence-electron chi connectivity index (χ1n) is 5.50. The Hall–Kier alpha value is -1.75. The fourth-order valence-electron chi connectivity index (χ4n) is 1.35. The van der Waals surface area contributed by atoms with Crippen molar-refractivity contribution in [2.24, 2.45) is 0 Å². The van der Waals surface area contributed by atoms with E-state index in [1.165, 1.54) is 21.1 Å². The molecule has 7 N–H and O–H groups in total. The van der Waals surface area contributed by atoms with E-state index in [-0.39, 0.29) is 0 Å². The molecule has 110 valence electrons. The van der Waals surface area contributed by atoms with Gasteiger partial charge in [-0.25, -0.2) is 16.3 Å². The summed E-state index contributed by atoms with van der Waals surface area (Å²) in [4.78, 5) is 34.6. The number of hydrogen-bond donors (Lipinski definition) is 7. The van der Waals surface area contributed by atoms with Crippen molar-refractivity contribution in [3.05, 3.63) is 0 Å². The molecule has 0 aliphatic rings. The van der Waals surface area contributed by atoms with E-state index in [4.69, 9.17) is 0 Å². The molecule has 10 nitrogen and oxygen atoms in total. The molecule has 3 amide bonds. The maximum atomic E-state index is 11.7. The van der Waals surface area contributed by atoms with Crippen LogP contribution in [0.3, 0.4) is 0 Å². The lowest BCUT2D eigenvalue weighted by atomic mass is 9.94. The van der Waals surface area contributed by atoms with E-state index in [2.05, 4.69) is 32.6 Å². The molecule has 0 saturated carbocycles. The minimum Gasteiger partial charge on any atom is -0.379 e. The SMILES string of the molecule is CNNC(=O)CC(O)(CC(=O)NNC)C(=O)NNC. The van der Waals surface area contributed by atoms with Crippen LogP contribution in [0.4, 0.5) is 0 Å². The Labute approximate surface area is 110 Å². The third-order valence-electron chi connectivity index (χ3n) is 2.10. The highest BCUT2D eigenvalue weighted by molar-refractivity contribution is 5.94. The lowest BCUT2D eigenvalue weighted by Crippen LogP contribution is -2.55. The van der Waals surface area contributed by atoms with Crippen LogP contribution < -0.4 is 32.6 Å². The van der Waals surface area contributed by atoms with Gasteiger partial charge in [0.15, 0.2) is 5.60 Å². The van der Waals surface area contributed by atoms with Crippen molar-refractivity contribution < 1.29 is 19.5 Å². The van der Waals surface area contributed by atoms with Crippen molar-refractivity contribution in [3.8, 4) is 0 Å². The molecule has 0 fully saturated rings. The third-order valence-corrected chi connectivity index (χ3v) is 2.10. The minimum atomic E-state index is -2.16. The van der Waals surface area contributed by atoms with Gasteiger partial charge in [0.25, 0.3) is 5.91 Å². The van der Waals surface area contributed by atoms with Crippen LogP contribution in [0.25, 0.3) is 0 Å². The Morgan fingerprint density at radius 3 is 1.53 bits per heavy atom. The van der Waals surface area contributed by atoms with Gasteiger partial charge < -0.3 is 5.11 Å². The maximum absolute atomic E-state index is 11.7. The van der Waals surface area contributed by atoms with Gasteiger partial charge in [-0.2, -0.15) is 0 Å². The van der Waals surface area contributed by atoms with Crippen molar-refractivity contribution in [1.82, 2.24) is 32.6 Å². The second-order valence-electron chi connectivity index (χ2n) is 3.69. The standard InChI is InChI=1S/C9H20N6O4/c1-10-13-6(16)4-9(19,8(18)15-12-3)5-7(17)14-11-2/h10-12,19H,4-5H2,1-3H3,(H,13,16)(H,14,17)(H,15,18). The van der Waals surface area contributed by atoms with Gasteiger partial charge in [0.2, 0.25) is 11.8 Å². The molecule has 0 bridgehead atoms. The summed E-state index contributed by atoms with van der Waals surface area (Å²) in [6.45, 7) is 0. The van der Waals surface area contributed by atoms with Crippen LogP contribution in [0.2, 0.25) is 0 Å². The maximum Gasteiger partial charge on any atom is 0.267 e. The molecule has 0 unspecified atom stereocenters. The summed E-state index contributed by atoms with van der Waals surface area (Å²) in [5.74, 6) is -2.14. The number of rotatable bonds is 8. The molecule has 0 aliphatic carbocycles. The molecular formula is C9H20N6O4. The molecule has 0 spiro atoms. The lowest BCUT2D eigenvalue weighted by Gasteiger charge is -2.25. The Morgan fingerprint density at radius 1 is 0.842 bits per heavy atom. The van der Waals surface area contributed by atoms with E-state index in [1.807, 2.05) is 0 Å². The van der Waals surface area contributed by atoms with Crippen LogP contribution in [0, 0.1) is 0 Å². The average Bonchev–Trinajstić information content (AvgIpc) is 2.29. The number of carbonyl (C=O) groups is 3. The zero-order chi connectivity index (χ0) is 14.9. The van der Waals surface area contributed by atoms with Gasteiger partial charge in [-0.1, -0.05) is 0 Å². The highest BCUT2D eigenvalue weighted by Crippen LogP contribution is 2.15. The Morgan fingerprint density at radius 2 is 1.21 bits per heavy atom. The Balaban J connectivity index is 4.85. The number of nitrogens with one attached hydrogen (secondary N) is 6. The van der Waals surface area contributed by atoms with Gasteiger partial charge in [-0.3, -0.25) is 30.7 Å². The summed E-state index contributed by atoms with van der Waals surface area (Å²) in [7, 11) is 4.33. The monoisotopic (exact) mass is 276 g/mol. The van der Waals surface area contributed by atoms with Crippen LogP contribution in [0.15, 0.2) is 0 Å². The molecule has 19 heavy (non-hydrogen) atoms. The fourth-order valence-corrected chi connectivity index (χ4v) is 1.35. The van der Waals surface area contributed by atoms with Crippen molar-refractivity contribution in [2.45, 2.75) is 18.4 Å². The van der Waals surface area contributed by atoms with Crippen LogP contribution in [0.5, 0.6) is 0 Å². The highest BCUT2D eigenvalue weighted by Gasteiger charge is 2.40. The van der Waals surface area contributed by atoms with Gasteiger partial charge >= 0.3 is 0 Å². The van der Waals surface area contributed by atoms with E-state index in [0.717, 1.165) is 0 Å². The van der Waals surface area contributed by atoms with E-state index >= 15 is 0 Å². The summed E-state index contributed by atoms with van der Waals surface area (Å²) >= 11 is 0.